The summed E-state index contributed by atoms with van der Waals surface area (Å²) in [5.41, 5.74) is 12.6. The molecule has 31 heavy (non-hydrogen) atoms. The second kappa shape index (κ2) is 7.25. The minimum atomic E-state index is -0.208. The van der Waals surface area contributed by atoms with Crippen LogP contribution in [-0.4, -0.2) is 7.05 Å². The molecule has 0 bridgehead atoms. The maximum absolute atomic E-state index is 3.49. The lowest BCUT2D eigenvalue weighted by Crippen LogP contribution is -2.27. The van der Waals surface area contributed by atoms with E-state index >= 15 is 0 Å². The number of hydrogen-bond acceptors (Lipinski definition) is 2. The second-order valence-corrected chi connectivity index (χ2v) is 9.13. The SMILES string of the molecule is C=C.CCc1c(NC)sc2c1C1(c3ccccc3-c3ccc(C)cc31)c1ccccc1-2. The van der Waals surface area contributed by atoms with Crippen LogP contribution in [0.4, 0.5) is 5.00 Å². The Labute approximate surface area is 189 Å². The first-order valence-corrected chi connectivity index (χ1v) is 11.7. The highest BCUT2D eigenvalue weighted by atomic mass is 32.1. The number of rotatable bonds is 2. The predicted octanol–water partition coefficient (Wildman–Crippen LogP) is 7.81. The van der Waals surface area contributed by atoms with E-state index in [1.165, 1.54) is 59.9 Å². The van der Waals surface area contributed by atoms with Crippen molar-refractivity contribution in [1.82, 2.24) is 0 Å². The van der Waals surface area contributed by atoms with E-state index in [-0.39, 0.29) is 5.41 Å². The number of nitrogens with one attached hydrogen (secondary N) is 1. The van der Waals surface area contributed by atoms with E-state index in [2.05, 4.69) is 106 Å². The Morgan fingerprint density at radius 1 is 0.839 bits per heavy atom. The standard InChI is InChI=1S/C27H23NS.C2H4/c1-4-17-24-25(29-26(17)28-3)20-10-6-8-12-22(20)27(24)21-11-7-5-9-18(21)19-14-13-16(2)15-23(19)27;1-2/h5-15,28H,4H2,1-3H3;1-2H2. The number of benzene rings is 3. The van der Waals surface area contributed by atoms with Gasteiger partial charge in [0, 0.05) is 11.9 Å². The molecule has 1 N–H and O–H groups in total. The van der Waals surface area contributed by atoms with E-state index in [1.54, 1.807) is 0 Å². The molecule has 1 spiro atoms. The molecule has 0 saturated carbocycles. The highest BCUT2D eigenvalue weighted by Gasteiger charge is 2.53. The summed E-state index contributed by atoms with van der Waals surface area (Å²) in [6, 6.07) is 25.1. The van der Waals surface area contributed by atoms with E-state index in [0.29, 0.717) is 0 Å². The summed E-state index contributed by atoms with van der Waals surface area (Å²) in [5, 5.41) is 4.80. The van der Waals surface area contributed by atoms with Gasteiger partial charge in [-0.1, -0.05) is 79.2 Å². The fourth-order valence-electron chi connectivity index (χ4n) is 5.69. The first kappa shape index (κ1) is 19.8. The van der Waals surface area contributed by atoms with E-state index in [9.17, 15) is 0 Å². The van der Waals surface area contributed by atoms with E-state index in [1.807, 2.05) is 11.3 Å². The third-order valence-electron chi connectivity index (χ3n) is 6.74. The van der Waals surface area contributed by atoms with E-state index < -0.39 is 0 Å². The molecule has 0 amide bonds. The minimum absolute atomic E-state index is 0.208. The highest BCUT2D eigenvalue weighted by Crippen LogP contribution is 2.66. The maximum atomic E-state index is 3.49. The fraction of sp³-hybridized carbons (Fsp3) is 0.172. The zero-order chi connectivity index (χ0) is 21.8. The molecule has 2 aliphatic rings. The second-order valence-electron chi connectivity index (χ2n) is 8.11. The number of hydrogen-bond donors (Lipinski definition) is 1. The van der Waals surface area contributed by atoms with Gasteiger partial charge in [0.25, 0.3) is 0 Å². The van der Waals surface area contributed by atoms with Crippen LogP contribution in [0.1, 0.15) is 40.3 Å². The molecule has 0 saturated heterocycles. The molecule has 0 fully saturated rings. The minimum Gasteiger partial charge on any atom is -0.380 e. The smallest absolute Gasteiger partial charge is 0.0922 e. The van der Waals surface area contributed by atoms with Crippen molar-refractivity contribution < 1.29 is 0 Å². The van der Waals surface area contributed by atoms with Gasteiger partial charge in [0.05, 0.1) is 10.4 Å². The molecule has 1 unspecified atom stereocenters. The lowest BCUT2D eigenvalue weighted by Gasteiger charge is -2.31. The van der Waals surface area contributed by atoms with Gasteiger partial charge in [-0.2, -0.15) is 0 Å². The van der Waals surface area contributed by atoms with E-state index in [4.69, 9.17) is 0 Å². The molecular weight excluding hydrogens is 394 g/mol. The van der Waals surface area contributed by atoms with Crippen molar-refractivity contribution in [3.63, 3.8) is 0 Å². The summed E-state index contributed by atoms with van der Waals surface area (Å²) in [6.07, 6.45) is 1.03. The van der Waals surface area contributed by atoms with Gasteiger partial charge >= 0.3 is 0 Å². The van der Waals surface area contributed by atoms with Crippen LogP contribution in [-0.2, 0) is 11.8 Å². The van der Waals surface area contributed by atoms with Crippen molar-refractivity contribution in [1.29, 1.82) is 0 Å². The molecule has 154 valence electrons. The van der Waals surface area contributed by atoms with Crippen LogP contribution < -0.4 is 5.32 Å². The largest absolute Gasteiger partial charge is 0.380 e. The van der Waals surface area contributed by atoms with Crippen LogP contribution in [0.3, 0.4) is 0 Å². The topological polar surface area (TPSA) is 12.0 Å². The molecule has 4 aromatic rings. The van der Waals surface area contributed by atoms with Crippen LogP contribution in [0, 0.1) is 6.92 Å². The van der Waals surface area contributed by atoms with Gasteiger partial charge in [-0.05, 0) is 57.9 Å². The summed E-state index contributed by atoms with van der Waals surface area (Å²) in [4.78, 5) is 1.44. The van der Waals surface area contributed by atoms with Gasteiger partial charge in [-0.25, -0.2) is 0 Å². The Morgan fingerprint density at radius 3 is 2.13 bits per heavy atom. The van der Waals surface area contributed by atoms with Crippen LogP contribution in [0.2, 0.25) is 0 Å². The molecular formula is C29H27NS. The predicted molar refractivity (Wildman–Crippen MR) is 136 cm³/mol. The third kappa shape index (κ3) is 2.37. The van der Waals surface area contributed by atoms with Gasteiger partial charge in [-0.15, -0.1) is 24.5 Å². The first-order chi connectivity index (χ1) is 15.2. The van der Waals surface area contributed by atoms with E-state index in [0.717, 1.165) is 6.42 Å². The zero-order valence-electron chi connectivity index (χ0n) is 18.4. The Kier molecular flexibility index (Phi) is 4.64. The summed E-state index contributed by atoms with van der Waals surface area (Å²) in [5.74, 6) is 0. The Morgan fingerprint density at radius 2 is 1.45 bits per heavy atom. The summed E-state index contributed by atoms with van der Waals surface area (Å²) in [7, 11) is 2.05. The lowest BCUT2D eigenvalue weighted by molar-refractivity contribution is 0.781. The quantitative estimate of drug-likeness (QED) is 0.281. The molecule has 0 radical (unpaired) electrons. The van der Waals surface area contributed by atoms with Crippen LogP contribution in [0.15, 0.2) is 79.9 Å². The fourth-order valence-corrected chi connectivity index (χ4v) is 7.03. The van der Waals surface area contributed by atoms with Crippen LogP contribution in [0.5, 0.6) is 0 Å². The lowest BCUT2D eigenvalue weighted by atomic mass is 9.69. The van der Waals surface area contributed by atoms with Gasteiger partial charge in [0.1, 0.15) is 0 Å². The van der Waals surface area contributed by atoms with Crippen molar-refractivity contribution >= 4 is 16.3 Å². The van der Waals surface area contributed by atoms with Gasteiger partial charge in [0.15, 0.2) is 0 Å². The van der Waals surface area contributed by atoms with Crippen molar-refractivity contribution in [2.45, 2.75) is 25.7 Å². The average molecular weight is 422 g/mol. The van der Waals surface area contributed by atoms with Crippen LogP contribution >= 0.6 is 11.3 Å². The van der Waals surface area contributed by atoms with Crippen molar-refractivity contribution in [2.24, 2.45) is 0 Å². The molecule has 2 aliphatic carbocycles. The summed E-state index contributed by atoms with van der Waals surface area (Å²) in [6.45, 7) is 10.5. The zero-order valence-corrected chi connectivity index (χ0v) is 19.2. The Hall–Kier alpha value is -3.10. The van der Waals surface area contributed by atoms with Crippen LogP contribution in [0.25, 0.3) is 21.6 Å². The monoisotopic (exact) mass is 421 g/mol. The average Bonchev–Trinajstić information content (AvgIpc) is 3.43. The molecule has 1 heterocycles. The summed E-state index contributed by atoms with van der Waals surface area (Å²) >= 11 is 1.92. The molecule has 1 nitrogen and oxygen atoms in total. The van der Waals surface area contributed by atoms with Gasteiger partial charge in [-0.3, -0.25) is 0 Å². The number of aryl methyl sites for hydroxylation is 1. The Bertz CT molecular complexity index is 1310. The van der Waals surface area contributed by atoms with Crippen molar-refractivity contribution in [3.8, 4) is 21.6 Å². The number of thiophene rings is 1. The number of anilines is 1. The summed E-state index contributed by atoms with van der Waals surface area (Å²) < 4.78 is 0. The first-order valence-electron chi connectivity index (χ1n) is 10.9. The third-order valence-corrected chi connectivity index (χ3v) is 8.02. The molecule has 3 aromatic carbocycles. The maximum Gasteiger partial charge on any atom is 0.0922 e. The molecule has 1 aromatic heterocycles. The van der Waals surface area contributed by atoms with Crippen molar-refractivity contribution in [3.05, 3.63) is 113 Å². The Balaban J connectivity index is 0.000000994. The van der Waals surface area contributed by atoms with Crippen molar-refractivity contribution in [2.75, 3.05) is 12.4 Å². The molecule has 1 atom stereocenters. The highest BCUT2D eigenvalue weighted by molar-refractivity contribution is 7.20. The number of fused-ring (bicyclic) bond motifs is 10. The normalized spacial score (nSPS) is 16.7. The molecule has 2 heteroatoms. The van der Waals surface area contributed by atoms with Gasteiger partial charge in [0.2, 0.25) is 0 Å². The molecule has 6 rings (SSSR count). The van der Waals surface area contributed by atoms with Gasteiger partial charge < -0.3 is 5.32 Å². The molecule has 0 aliphatic heterocycles.